The van der Waals surface area contributed by atoms with Crippen molar-refractivity contribution in [3.05, 3.63) is 29.8 Å². The Morgan fingerprint density at radius 1 is 1.46 bits per heavy atom. The van der Waals surface area contributed by atoms with Gasteiger partial charge in [0.15, 0.2) is 0 Å². The molecule has 1 aliphatic rings. The largest absolute Gasteiger partial charge is 0.508 e. The number of phenolic OH excluding ortho intramolecular Hbond substituents is 1. The van der Waals surface area contributed by atoms with E-state index in [0.29, 0.717) is 11.7 Å². The minimum Gasteiger partial charge on any atom is -0.508 e. The summed E-state index contributed by atoms with van der Waals surface area (Å²) in [5.41, 5.74) is 7.34. The molecule has 0 saturated heterocycles. The smallest absolute Gasteiger partial charge is 0.115 e. The molecule has 0 aromatic heterocycles. The molecule has 1 aliphatic carbocycles. The zero-order chi connectivity index (χ0) is 9.47. The Labute approximate surface area is 78.4 Å². The Morgan fingerprint density at radius 2 is 2.00 bits per heavy atom. The molecule has 3 N–H and O–H groups in total. The normalized spacial score (nSPS) is 31.7. The van der Waals surface area contributed by atoms with Gasteiger partial charge in [0, 0.05) is 5.54 Å². The maximum Gasteiger partial charge on any atom is 0.115 e. The molecule has 0 amide bonds. The quantitative estimate of drug-likeness (QED) is 0.721. The van der Waals surface area contributed by atoms with Crippen LogP contribution < -0.4 is 5.73 Å². The molecular weight excluding hydrogens is 162 g/mol. The van der Waals surface area contributed by atoms with Crippen molar-refractivity contribution < 1.29 is 5.11 Å². The number of rotatable bonds is 2. The van der Waals surface area contributed by atoms with Gasteiger partial charge in [0.25, 0.3) is 0 Å². The maximum absolute atomic E-state index is 9.09. The summed E-state index contributed by atoms with van der Waals surface area (Å²) in [4.78, 5) is 0. The van der Waals surface area contributed by atoms with Crippen molar-refractivity contribution in [1.29, 1.82) is 0 Å². The van der Waals surface area contributed by atoms with Gasteiger partial charge in [-0.2, -0.15) is 0 Å². The first-order chi connectivity index (χ1) is 6.10. The highest BCUT2D eigenvalue weighted by molar-refractivity contribution is 5.28. The summed E-state index contributed by atoms with van der Waals surface area (Å²) >= 11 is 0. The van der Waals surface area contributed by atoms with Gasteiger partial charge in [0.05, 0.1) is 0 Å². The van der Waals surface area contributed by atoms with Gasteiger partial charge in [0.1, 0.15) is 5.75 Å². The lowest BCUT2D eigenvalue weighted by molar-refractivity contribution is 0.475. The molecule has 0 heterocycles. The first-order valence-corrected chi connectivity index (χ1v) is 4.67. The van der Waals surface area contributed by atoms with E-state index in [4.69, 9.17) is 10.8 Å². The number of benzene rings is 1. The lowest BCUT2D eigenvalue weighted by Gasteiger charge is -2.09. The Balaban J connectivity index is 2.07. The van der Waals surface area contributed by atoms with Gasteiger partial charge in [-0.05, 0) is 36.5 Å². The fourth-order valence-corrected chi connectivity index (χ4v) is 1.75. The summed E-state index contributed by atoms with van der Waals surface area (Å²) in [5.74, 6) is 0.958. The minimum atomic E-state index is 0.0248. The summed E-state index contributed by atoms with van der Waals surface area (Å²) in [6.07, 6.45) is 2.04. The van der Waals surface area contributed by atoms with Crippen LogP contribution in [0.5, 0.6) is 5.75 Å². The van der Waals surface area contributed by atoms with E-state index in [2.05, 4.69) is 6.92 Å². The molecule has 1 fully saturated rings. The van der Waals surface area contributed by atoms with Crippen LogP contribution in [0.4, 0.5) is 0 Å². The van der Waals surface area contributed by atoms with Crippen LogP contribution in [0.1, 0.15) is 18.9 Å². The third-order valence-electron chi connectivity index (χ3n) is 2.98. The highest BCUT2D eigenvalue weighted by Gasteiger charge is 2.46. The van der Waals surface area contributed by atoms with Crippen molar-refractivity contribution in [2.45, 2.75) is 25.3 Å². The molecular formula is C11H15NO. The summed E-state index contributed by atoms with van der Waals surface area (Å²) in [6, 6.07) is 7.31. The zero-order valence-electron chi connectivity index (χ0n) is 7.83. The zero-order valence-corrected chi connectivity index (χ0v) is 7.83. The van der Waals surface area contributed by atoms with E-state index >= 15 is 0 Å². The van der Waals surface area contributed by atoms with Crippen LogP contribution in [-0.4, -0.2) is 10.6 Å². The van der Waals surface area contributed by atoms with Gasteiger partial charge in [-0.15, -0.1) is 0 Å². The van der Waals surface area contributed by atoms with Crippen LogP contribution in [0.3, 0.4) is 0 Å². The highest BCUT2D eigenvalue weighted by Crippen LogP contribution is 2.42. The number of hydrogen-bond acceptors (Lipinski definition) is 2. The van der Waals surface area contributed by atoms with Crippen molar-refractivity contribution in [2.24, 2.45) is 11.7 Å². The molecule has 1 saturated carbocycles. The second-order valence-electron chi connectivity index (χ2n) is 4.18. The standard InChI is InChI=1S/C11H15NO/c1-8-6-11(8,12)7-9-2-4-10(13)5-3-9/h2-5,8,13H,6-7,12H2,1H3. The summed E-state index contributed by atoms with van der Waals surface area (Å²) in [5, 5.41) is 9.09. The van der Waals surface area contributed by atoms with Crippen LogP contribution >= 0.6 is 0 Å². The van der Waals surface area contributed by atoms with E-state index < -0.39 is 0 Å². The predicted molar refractivity (Wildman–Crippen MR) is 52.5 cm³/mol. The topological polar surface area (TPSA) is 46.2 Å². The summed E-state index contributed by atoms with van der Waals surface area (Å²) in [7, 11) is 0. The molecule has 0 radical (unpaired) electrons. The predicted octanol–water partition coefficient (Wildman–Crippen LogP) is 1.67. The molecule has 2 unspecified atom stereocenters. The Hall–Kier alpha value is -1.02. The number of hydrogen-bond donors (Lipinski definition) is 2. The summed E-state index contributed by atoms with van der Waals surface area (Å²) in [6.45, 7) is 2.18. The molecule has 1 aromatic rings. The van der Waals surface area contributed by atoms with Crippen LogP contribution in [0.2, 0.25) is 0 Å². The second kappa shape index (κ2) is 2.74. The van der Waals surface area contributed by atoms with Crippen LogP contribution in [0.25, 0.3) is 0 Å². The first-order valence-electron chi connectivity index (χ1n) is 4.67. The van der Waals surface area contributed by atoms with E-state index in [1.165, 1.54) is 5.56 Å². The van der Waals surface area contributed by atoms with Crippen molar-refractivity contribution >= 4 is 0 Å². The SMILES string of the molecule is CC1CC1(N)Cc1ccc(O)cc1. The van der Waals surface area contributed by atoms with E-state index in [0.717, 1.165) is 12.8 Å². The third-order valence-corrected chi connectivity index (χ3v) is 2.98. The van der Waals surface area contributed by atoms with E-state index in [1.54, 1.807) is 12.1 Å². The van der Waals surface area contributed by atoms with Gasteiger partial charge < -0.3 is 10.8 Å². The maximum atomic E-state index is 9.09. The van der Waals surface area contributed by atoms with E-state index in [9.17, 15) is 0 Å². The highest BCUT2D eigenvalue weighted by atomic mass is 16.3. The fourth-order valence-electron chi connectivity index (χ4n) is 1.75. The van der Waals surface area contributed by atoms with Crippen molar-refractivity contribution in [2.75, 3.05) is 0 Å². The molecule has 2 rings (SSSR count). The Bertz CT molecular complexity index is 306. The van der Waals surface area contributed by atoms with E-state index in [-0.39, 0.29) is 5.54 Å². The van der Waals surface area contributed by atoms with Gasteiger partial charge in [-0.1, -0.05) is 19.1 Å². The number of aromatic hydroxyl groups is 1. The number of nitrogens with two attached hydrogens (primary N) is 1. The average molecular weight is 177 g/mol. The molecule has 0 aliphatic heterocycles. The molecule has 2 atom stereocenters. The lowest BCUT2D eigenvalue weighted by Crippen LogP contribution is -2.27. The monoisotopic (exact) mass is 177 g/mol. The average Bonchev–Trinajstić information content (AvgIpc) is 2.65. The molecule has 1 aromatic carbocycles. The van der Waals surface area contributed by atoms with Crippen molar-refractivity contribution in [3.63, 3.8) is 0 Å². The fraction of sp³-hybridized carbons (Fsp3) is 0.455. The van der Waals surface area contributed by atoms with Crippen LogP contribution in [0.15, 0.2) is 24.3 Å². The molecule has 0 spiro atoms. The minimum absolute atomic E-state index is 0.0248. The molecule has 13 heavy (non-hydrogen) atoms. The van der Waals surface area contributed by atoms with Crippen LogP contribution in [0, 0.1) is 5.92 Å². The van der Waals surface area contributed by atoms with Crippen LogP contribution in [-0.2, 0) is 6.42 Å². The van der Waals surface area contributed by atoms with Gasteiger partial charge in [0.2, 0.25) is 0 Å². The van der Waals surface area contributed by atoms with Gasteiger partial charge >= 0.3 is 0 Å². The Kier molecular flexibility index (Phi) is 1.81. The Morgan fingerprint density at radius 3 is 2.46 bits per heavy atom. The van der Waals surface area contributed by atoms with E-state index in [1.807, 2.05) is 12.1 Å². The number of phenols is 1. The molecule has 2 heteroatoms. The van der Waals surface area contributed by atoms with Crippen molar-refractivity contribution in [1.82, 2.24) is 0 Å². The third kappa shape index (κ3) is 1.68. The molecule has 0 bridgehead atoms. The first kappa shape index (κ1) is 8.57. The lowest BCUT2D eigenvalue weighted by atomic mass is 10.0. The van der Waals surface area contributed by atoms with Gasteiger partial charge in [-0.25, -0.2) is 0 Å². The van der Waals surface area contributed by atoms with Gasteiger partial charge in [-0.3, -0.25) is 0 Å². The second-order valence-corrected chi connectivity index (χ2v) is 4.18. The summed E-state index contributed by atoms with van der Waals surface area (Å²) < 4.78 is 0. The van der Waals surface area contributed by atoms with Crippen molar-refractivity contribution in [3.8, 4) is 5.75 Å². The molecule has 2 nitrogen and oxygen atoms in total. The molecule has 70 valence electrons.